The number of nitrogens with one attached hydrogen (secondary N) is 1. The summed E-state index contributed by atoms with van der Waals surface area (Å²) in [5, 5.41) is 2.42. The normalized spacial score (nSPS) is 16.4. The fourth-order valence-electron chi connectivity index (χ4n) is 0.752. The second-order valence-electron chi connectivity index (χ2n) is 1.96. The van der Waals surface area contributed by atoms with Crippen molar-refractivity contribution in [1.82, 2.24) is 5.32 Å². The third-order valence-corrected chi connectivity index (χ3v) is 1.19. The maximum atomic E-state index is 10.7. The zero-order valence-corrected chi connectivity index (χ0v) is 5.33. The quantitative estimate of drug-likeness (QED) is 0.550. The Morgan fingerprint density at radius 3 is 3.00 bits per heavy atom. The van der Waals surface area contributed by atoms with E-state index in [0.29, 0.717) is 18.5 Å². The summed E-state index contributed by atoms with van der Waals surface area (Å²) >= 11 is 0. The van der Waals surface area contributed by atoms with Crippen LogP contribution in [0.3, 0.4) is 0 Å². The largest absolute Gasteiger partial charge is 0.332 e. The fraction of sp³-hybridized carbons (Fsp3) is 0.143. The van der Waals surface area contributed by atoms with Crippen molar-refractivity contribution in [2.75, 3.05) is 0 Å². The van der Waals surface area contributed by atoms with E-state index in [1.54, 1.807) is 12.2 Å². The lowest BCUT2D eigenvalue weighted by Gasteiger charge is -2.04. The molecule has 0 aromatic rings. The molecule has 0 aliphatic heterocycles. The lowest BCUT2D eigenvalue weighted by atomic mass is 10.1. The van der Waals surface area contributed by atoms with Gasteiger partial charge in [0, 0.05) is 5.70 Å². The Bertz CT molecular complexity index is 216. The maximum absolute atomic E-state index is 10.7. The molecule has 1 N–H and O–H groups in total. The predicted octanol–water partition coefficient (Wildman–Crippen LogP) is 0.145. The van der Waals surface area contributed by atoms with Crippen LogP contribution in [0.15, 0.2) is 23.9 Å². The van der Waals surface area contributed by atoms with Gasteiger partial charge < -0.3 is 5.32 Å². The van der Waals surface area contributed by atoms with Crippen molar-refractivity contribution in [2.45, 2.75) is 6.42 Å². The van der Waals surface area contributed by atoms with Crippen LogP contribution in [0.4, 0.5) is 0 Å². The molecule has 1 amide bonds. The summed E-state index contributed by atoms with van der Waals surface area (Å²) in [5.41, 5.74) is 0.655. The molecule has 0 heterocycles. The summed E-state index contributed by atoms with van der Waals surface area (Å²) < 4.78 is 0. The lowest BCUT2D eigenvalue weighted by Crippen LogP contribution is -2.14. The number of carbonyl (C=O) groups excluding carboxylic acids is 2. The minimum Gasteiger partial charge on any atom is -0.332 e. The third-order valence-electron chi connectivity index (χ3n) is 1.19. The van der Waals surface area contributed by atoms with Gasteiger partial charge >= 0.3 is 0 Å². The van der Waals surface area contributed by atoms with Gasteiger partial charge in [0.05, 0.1) is 6.42 Å². The highest BCUT2D eigenvalue weighted by Gasteiger charge is 2.04. The molecule has 10 heavy (non-hydrogen) atoms. The van der Waals surface area contributed by atoms with Crippen LogP contribution in [-0.4, -0.2) is 12.2 Å². The standard InChI is InChI=1S/C7H7NO2/c9-5-8-6-2-1-3-7(10)4-6/h1-3,5H,4H2,(H,8,9). The third kappa shape index (κ3) is 1.55. The van der Waals surface area contributed by atoms with Gasteiger partial charge in [0.25, 0.3) is 0 Å². The van der Waals surface area contributed by atoms with Gasteiger partial charge in [-0.25, -0.2) is 0 Å². The Morgan fingerprint density at radius 2 is 2.40 bits per heavy atom. The molecule has 0 spiro atoms. The summed E-state index contributed by atoms with van der Waals surface area (Å²) in [4.78, 5) is 20.6. The van der Waals surface area contributed by atoms with E-state index < -0.39 is 0 Å². The molecule has 0 saturated heterocycles. The SMILES string of the molecule is O=CNC1=CC=CC(=O)C1. The smallest absolute Gasteiger partial charge is 0.211 e. The maximum Gasteiger partial charge on any atom is 0.211 e. The Labute approximate surface area is 58.4 Å². The second kappa shape index (κ2) is 2.96. The molecule has 1 rings (SSSR count). The van der Waals surface area contributed by atoms with Gasteiger partial charge in [0.15, 0.2) is 5.78 Å². The monoisotopic (exact) mass is 137 g/mol. The van der Waals surface area contributed by atoms with E-state index in [9.17, 15) is 9.59 Å². The molecule has 0 bridgehead atoms. The Hall–Kier alpha value is -1.38. The van der Waals surface area contributed by atoms with Crippen LogP contribution in [0.1, 0.15) is 6.42 Å². The first-order valence-electron chi connectivity index (χ1n) is 2.93. The Morgan fingerprint density at radius 1 is 1.60 bits per heavy atom. The minimum absolute atomic E-state index is 0.0202. The van der Waals surface area contributed by atoms with E-state index >= 15 is 0 Å². The van der Waals surface area contributed by atoms with Crippen molar-refractivity contribution in [3.8, 4) is 0 Å². The number of carbonyl (C=O) groups is 2. The highest BCUT2D eigenvalue weighted by atomic mass is 16.1. The van der Waals surface area contributed by atoms with Crippen molar-refractivity contribution < 1.29 is 9.59 Å². The lowest BCUT2D eigenvalue weighted by molar-refractivity contribution is -0.114. The Kier molecular flexibility index (Phi) is 1.99. The van der Waals surface area contributed by atoms with Gasteiger partial charge in [-0.05, 0) is 12.2 Å². The van der Waals surface area contributed by atoms with Crippen molar-refractivity contribution in [2.24, 2.45) is 0 Å². The number of ketones is 1. The van der Waals surface area contributed by atoms with E-state index in [1.165, 1.54) is 6.08 Å². The molecular formula is C7H7NO2. The van der Waals surface area contributed by atoms with Gasteiger partial charge in [-0.15, -0.1) is 0 Å². The van der Waals surface area contributed by atoms with E-state index in [1.807, 2.05) is 0 Å². The molecule has 3 nitrogen and oxygen atoms in total. The summed E-state index contributed by atoms with van der Waals surface area (Å²) in [7, 11) is 0. The van der Waals surface area contributed by atoms with Gasteiger partial charge in [0.2, 0.25) is 6.41 Å². The zero-order valence-electron chi connectivity index (χ0n) is 5.33. The van der Waals surface area contributed by atoms with Crippen molar-refractivity contribution in [1.29, 1.82) is 0 Å². The summed E-state index contributed by atoms with van der Waals surface area (Å²) in [6.07, 6.45) is 5.68. The van der Waals surface area contributed by atoms with E-state index in [2.05, 4.69) is 5.32 Å². The van der Waals surface area contributed by atoms with E-state index in [0.717, 1.165) is 0 Å². The number of hydrogen-bond acceptors (Lipinski definition) is 2. The zero-order chi connectivity index (χ0) is 7.40. The average Bonchev–Trinajstić information content (AvgIpc) is 1.88. The molecule has 1 aliphatic rings. The van der Waals surface area contributed by atoms with Crippen LogP contribution in [0.2, 0.25) is 0 Å². The number of rotatable bonds is 2. The molecule has 0 aromatic heterocycles. The highest BCUT2D eigenvalue weighted by molar-refractivity contribution is 5.93. The number of allylic oxidation sites excluding steroid dienone is 4. The molecule has 52 valence electrons. The summed E-state index contributed by atoms with van der Waals surface area (Å²) in [6, 6.07) is 0. The predicted molar refractivity (Wildman–Crippen MR) is 36.0 cm³/mol. The van der Waals surface area contributed by atoms with Crippen LogP contribution in [0, 0.1) is 0 Å². The summed E-state index contributed by atoms with van der Waals surface area (Å²) in [6.45, 7) is 0. The van der Waals surface area contributed by atoms with Gasteiger partial charge in [-0.1, -0.05) is 6.08 Å². The highest BCUT2D eigenvalue weighted by Crippen LogP contribution is 2.03. The molecule has 0 unspecified atom stereocenters. The molecule has 0 fully saturated rings. The van der Waals surface area contributed by atoms with Gasteiger partial charge in [-0.2, -0.15) is 0 Å². The Balaban J connectivity index is 2.61. The van der Waals surface area contributed by atoms with Gasteiger partial charge in [-0.3, -0.25) is 9.59 Å². The number of amides is 1. The average molecular weight is 137 g/mol. The summed E-state index contributed by atoms with van der Waals surface area (Å²) in [5.74, 6) is 0.0202. The first-order chi connectivity index (χ1) is 4.83. The first kappa shape index (κ1) is 6.74. The van der Waals surface area contributed by atoms with Crippen LogP contribution < -0.4 is 5.32 Å². The molecule has 1 aliphatic carbocycles. The van der Waals surface area contributed by atoms with Crippen LogP contribution in [0.25, 0.3) is 0 Å². The van der Waals surface area contributed by atoms with E-state index in [4.69, 9.17) is 0 Å². The van der Waals surface area contributed by atoms with Crippen LogP contribution in [-0.2, 0) is 9.59 Å². The molecule has 0 saturated carbocycles. The molecular weight excluding hydrogens is 130 g/mol. The molecule has 0 atom stereocenters. The van der Waals surface area contributed by atoms with Crippen molar-refractivity contribution in [3.63, 3.8) is 0 Å². The van der Waals surface area contributed by atoms with Crippen molar-refractivity contribution in [3.05, 3.63) is 23.9 Å². The minimum atomic E-state index is 0.0202. The van der Waals surface area contributed by atoms with Crippen LogP contribution in [0.5, 0.6) is 0 Å². The first-order valence-corrected chi connectivity index (χ1v) is 2.93. The molecule has 0 aromatic carbocycles. The topological polar surface area (TPSA) is 46.2 Å². The van der Waals surface area contributed by atoms with Crippen LogP contribution >= 0.6 is 0 Å². The van der Waals surface area contributed by atoms with Crippen molar-refractivity contribution >= 4 is 12.2 Å². The fourth-order valence-corrected chi connectivity index (χ4v) is 0.752. The molecule has 3 heteroatoms. The van der Waals surface area contributed by atoms with E-state index in [-0.39, 0.29) is 5.78 Å². The van der Waals surface area contributed by atoms with Gasteiger partial charge in [0.1, 0.15) is 0 Å². The second-order valence-corrected chi connectivity index (χ2v) is 1.96. The number of hydrogen-bond donors (Lipinski definition) is 1. The molecule has 0 radical (unpaired) electrons.